The van der Waals surface area contributed by atoms with Crippen molar-refractivity contribution in [3.8, 4) is 17.2 Å². The lowest BCUT2D eigenvalue weighted by atomic mass is 10.1. The number of nitro benzene ring substituents is 1. The van der Waals surface area contributed by atoms with Gasteiger partial charge in [0.15, 0.2) is 17.3 Å². The van der Waals surface area contributed by atoms with Crippen molar-refractivity contribution in [3.63, 3.8) is 0 Å². The summed E-state index contributed by atoms with van der Waals surface area (Å²) in [5, 5.41) is 13.6. The molecule has 0 unspecified atom stereocenters. The molecule has 0 spiro atoms. The third-order valence-corrected chi connectivity index (χ3v) is 3.81. The zero-order valence-electron chi connectivity index (χ0n) is 16.1. The lowest BCUT2D eigenvalue weighted by Crippen LogP contribution is -2.14. The van der Waals surface area contributed by atoms with Gasteiger partial charge >= 0.3 is 5.97 Å². The second-order valence-electron chi connectivity index (χ2n) is 5.79. The molecule has 0 saturated heterocycles. The van der Waals surface area contributed by atoms with E-state index in [0.717, 1.165) is 6.07 Å². The van der Waals surface area contributed by atoms with Crippen molar-refractivity contribution in [3.05, 3.63) is 51.6 Å². The normalized spacial score (nSPS) is 10.1. The summed E-state index contributed by atoms with van der Waals surface area (Å²) in [5.74, 6) is -1.77. The van der Waals surface area contributed by atoms with Crippen LogP contribution in [0.3, 0.4) is 0 Å². The number of methoxy groups -OCH3 is 2. The Morgan fingerprint density at radius 3 is 2.21 bits per heavy atom. The van der Waals surface area contributed by atoms with E-state index in [2.05, 4.69) is 5.32 Å². The number of carbonyl (C=O) groups excluding carboxylic acids is 3. The van der Waals surface area contributed by atoms with Crippen molar-refractivity contribution >= 4 is 29.0 Å². The van der Waals surface area contributed by atoms with E-state index in [1.807, 2.05) is 0 Å². The zero-order chi connectivity index (χ0) is 21.7. The van der Waals surface area contributed by atoms with Crippen molar-refractivity contribution in [1.29, 1.82) is 0 Å². The quantitative estimate of drug-likeness (QED) is 0.246. The summed E-state index contributed by atoms with van der Waals surface area (Å²) in [7, 11) is 2.69. The number of nitro groups is 1. The van der Waals surface area contributed by atoms with Crippen molar-refractivity contribution in [2.24, 2.45) is 0 Å². The number of benzene rings is 2. The molecule has 0 aliphatic carbocycles. The van der Waals surface area contributed by atoms with Crippen LogP contribution >= 0.6 is 0 Å². The number of ketones is 1. The third-order valence-electron chi connectivity index (χ3n) is 3.81. The SMILES string of the molecule is COc1ccc(C(C)=O)c(OC(=O)c2ccc(NC(C)=O)c([N+](=O)[O-])c2)c1OC. The van der Waals surface area contributed by atoms with Gasteiger partial charge in [-0.2, -0.15) is 0 Å². The Hall–Kier alpha value is -3.95. The monoisotopic (exact) mass is 402 g/mol. The summed E-state index contributed by atoms with van der Waals surface area (Å²) < 4.78 is 15.7. The molecule has 2 rings (SSSR count). The molecule has 152 valence electrons. The first-order valence-electron chi connectivity index (χ1n) is 8.23. The van der Waals surface area contributed by atoms with Crippen LogP contribution in [0.25, 0.3) is 0 Å². The van der Waals surface area contributed by atoms with Gasteiger partial charge in [-0.05, 0) is 31.2 Å². The van der Waals surface area contributed by atoms with E-state index in [1.165, 1.54) is 52.3 Å². The average molecular weight is 402 g/mol. The molecule has 0 bridgehead atoms. The van der Waals surface area contributed by atoms with Crippen LogP contribution in [-0.4, -0.2) is 36.8 Å². The van der Waals surface area contributed by atoms with Crippen LogP contribution in [0.1, 0.15) is 34.6 Å². The number of nitrogens with zero attached hydrogens (tertiary/aromatic N) is 1. The van der Waals surface area contributed by atoms with Crippen LogP contribution in [0.5, 0.6) is 17.2 Å². The van der Waals surface area contributed by atoms with Crippen molar-refractivity contribution < 1.29 is 33.5 Å². The van der Waals surface area contributed by atoms with E-state index in [0.29, 0.717) is 0 Å². The van der Waals surface area contributed by atoms with Crippen molar-refractivity contribution in [1.82, 2.24) is 0 Å². The maximum absolute atomic E-state index is 12.6. The third kappa shape index (κ3) is 4.67. The smallest absolute Gasteiger partial charge is 0.343 e. The molecule has 1 amide bonds. The minimum absolute atomic E-state index is 0.0258. The zero-order valence-corrected chi connectivity index (χ0v) is 16.1. The van der Waals surface area contributed by atoms with E-state index in [-0.39, 0.29) is 39.8 Å². The number of hydrogen-bond acceptors (Lipinski definition) is 8. The highest BCUT2D eigenvalue weighted by molar-refractivity contribution is 6.01. The molecule has 1 N–H and O–H groups in total. The molecule has 10 nitrogen and oxygen atoms in total. The molecule has 0 heterocycles. The Bertz CT molecular complexity index is 1000. The number of hydrogen-bond donors (Lipinski definition) is 1. The fourth-order valence-electron chi connectivity index (χ4n) is 2.53. The van der Waals surface area contributed by atoms with Crippen molar-refractivity contribution in [2.75, 3.05) is 19.5 Å². The van der Waals surface area contributed by atoms with Gasteiger partial charge in [-0.15, -0.1) is 0 Å². The van der Waals surface area contributed by atoms with Gasteiger partial charge in [0.1, 0.15) is 5.69 Å². The first-order valence-corrected chi connectivity index (χ1v) is 8.23. The number of rotatable bonds is 7. The molecule has 29 heavy (non-hydrogen) atoms. The largest absolute Gasteiger partial charge is 0.493 e. The number of nitrogens with one attached hydrogen (secondary N) is 1. The molecule has 10 heteroatoms. The highest BCUT2D eigenvalue weighted by atomic mass is 16.6. The first-order chi connectivity index (χ1) is 13.7. The topological polar surface area (TPSA) is 134 Å². The fourth-order valence-corrected chi connectivity index (χ4v) is 2.53. The van der Waals surface area contributed by atoms with Crippen LogP contribution < -0.4 is 19.5 Å². The maximum Gasteiger partial charge on any atom is 0.343 e. The van der Waals surface area contributed by atoms with Gasteiger partial charge in [0.2, 0.25) is 11.7 Å². The summed E-state index contributed by atoms with van der Waals surface area (Å²) in [6.07, 6.45) is 0. The second-order valence-corrected chi connectivity index (χ2v) is 5.79. The number of esters is 1. The molecule has 2 aromatic rings. The Morgan fingerprint density at radius 2 is 1.69 bits per heavy atom. The number of anilines is 1. The predicted octanol–water partition coefficient (Wildman–Crippen LogP) is 2.99. The van der Waals surface area contributed by atoms with Crippen LogP contribution in [-0.2, 0) is 4.79 Å². The highest BCUT2D eigenvalue weighted by Gasteiger charge is 2.24. The summed E-state index contributed by atoms with van der Waals surface area (Å²) in [6, 6.07) is 6.33. The maximum atomic E-state index is 12.6. The predicted molar refractivity (Wildman–Crippen MR) is 102 cm³/mol. The number of carbonyl (C=O) groups is 3. The minimum Gasteiger partial charge on any atom is -0.493 e. The molecule has 0 radical (unpaired) electrons. The Morgan fingerprint density at radius 1 is 1.00 bits per heavy atom. The van der Waals surface area contributed by atoms with Gasteiger partial charge in [-0.1, -0.05) is 0 Å². The van der Waals surface area contributed by atoms with Crippen LogP contribution in [0, 0.1) is 10.1 Å². The number of Topliss-reactive ketones (excluding diaryl/α,β-unsaturated/α-hetero) is 1. The van der Waals surface area contributed by atoms with Crippen LogP contribution in [0.2, 0.25) is 0 Å². The molecule has 0 atom stereocenters. The molecule has 0 aliphatic rings. The highest BCUT2D eigenvalue weighted by Crippen LogP contribution is 2.40. The summed E-state index contributed by atoms with van der Waals surface area (Å²) in [4.78, 5) is 46.3. The van der Waals surface area contributed by atoms with Gasteiger partial charge in [0, 0.05) is 13.0 Å². The fraction of sp³-hybridized carbons (Fsp3) is 0.211. The minimum atomic E-state index is -0.962. The molecule has 0 fully saturated rings. The molecule has 0 saturated carbocycles. The number of amides is 1. The van der Waals surface area contributed by atoms with Crippen molar-refractivity contribution in [2.45, 2.75) is 13.8 Å². The van der Waals surface area contributed by atoms with Gasteiger partial charge in [0.05, 0.1) is 30.3 Å². The lowest BCUT2D eigenvalue weighted by molar-refractivity contribution is -0.384. The summed E-state index contributed by atoms with van der Waals surface area (Å²) in [6.45, 7) is 2.48. The number of ether oxygens (including phenoxy) is 3. The standard InChI is InChI=1S/C19H18N2O8/c1-10(22)13-6-8-16(27-3)18(28-4)17(13)29-19(24)12-5-7-14(20-11(2)23)15(9-12)21(25)26/h5-9H,1-4H3,(H,20,23). The molecular weight excluding hydrogens is 384 g/mol. The van der Waals surface area contributed by atoms with E-state index >= 15 is 0 Å². The van der Waals surface area contributed by atoms with Crippen LogP contribution in [0.15, 0.2) is 30.3 Å². The summed E-state index contributed by atoms with van der Waals surface area (Å²) >= 11 is 0. The van der Waals surface area contributed by atoms with E-state index in [9.17, 15) is 24.5 Å². The van der Waals surface area contributed by atoms with Gasteiger partial charge < -0.3 is 19.5 Å². The Labute approximate surface area is 165 Å². The van der Waals surface area contributed by atoms with Gasteiger partial charge in [-0.3, -0.25) is 19.7 Å². The van der Waals surface area contributed by atoms with E-state index in [4.69, 9.17) is 14.2 Å². The van der Waals surface area contributed by atoms with Gasteiger partial charge in [0.25, 0.3) is 5.69 Å². The summed E-state index contributed by atoms with van der Waals surface area (Å²) in [5.41, 5.74) is -0.646. The van der Waals surface area contributed by atoms with E-state index in [1.54, 1.807) is 0 Å². The first kappa shape index (κ1) is 21.4. The van der Waals surface area contributed by atoms with Gasteiger partial charge in [-0.25, -0.2) is 4.79 Å². The molecule has 0 aromatic heterocycles. The molecule has 0 aliphatic heterocycles. The Kier molecular flexibility index (Phi) is 6.50. The molecular formula is C19H18N2O8. The van der Waals surface area contributed by atoms with Crippen LogP contribution in [0.4, 0.5) is 11.4 Å². The van der Waals surface area contributed by atoms with E-state index < -0.39 is 22.5 Å². The Balaban J connectivity index is 2.50. The lowest BCUT2D eigenvalue weighted by Gasteiger charge is -2.15. The second kappa shape index (κ2) is 8.83. The molecule has 2 aromatic carbocycles. The average Bonchev–Trinajstić information content (AvgIpc) is 2.66.